The number of halogens is 2. The molecule has 0 fully saturated rings. The Morgan fingerprint density at radius 3 is 2.46 bits per heavy atom. The monoisotopic (exact) mass is 398 g/mol. The molecular formula is C24H28ClFN2. The fraction of sp³-hybridized carbons (Fsp3) is 0.333. The number of hydrogen-bond donors (Lipinski definition) is 0. The molecule has 148 valence electrons. The molecule has 0 aliphatic rings. The first-order valence-corrected chi connectivity index (χ1v) is 10.2. The van der Waals surface area contributed by atoms with E-state index in [1.165, 1.54) is 23.4 Å². The van der Waals surface area contributed by atoms with Crippen molar-refractivity contribution < 1.29 is 4.39 Å². The van der Waals surface area contributed by atoms with Crippen LogP contribution in [0.1, 0.15) is 37.1 Å². The van der Waals surface area contributed by atoms with E-state index in [2.05, 4.69) is 47.7 Å². The van der Waals surface area contributed by atoms with Crippen molar-refractivity contribution in [1.82, 2.24) is 9.47 Å². The fourth-order valence-corrected chi connectivity index (χ4v) is 3.52. The summed E-state index contributed by atoms with van der Waals surface area (Å²) in [4.78, 5) is 2.47. The van der Waals surface area contributed by atoms with Crippen molar-refractivity contribution in [2.45, 2.75) is 39.9 Å². The SMILES string of the molecule is CC(C)CCN(Cc1cccc(Cl)c1)Cc1cccn1Cc1ccc(F)cc1. The molecule has 3 rings (SSSR count). The number of hydrogen-bond acceptors (Lipinski definition) is 1. The highest BCUT2D eigenvalue weighted by molar-refractivity contribution is 6.30. The zero-order chi connectivity index (χ0) is 19.9. The lowest BCUT2D eigenvalue weighted by Crippen LogP contribution is -2.26. The van der Waals surface area contributed by atoms with E-state index in [-0.39, 0.29) is 5.82 Å². The topological polar surface area (TPSA) is 8.17 Å². The van der Waals surface area contributed by atoms with Crippen LogP contribution in [-0.4, -0.2) is 16.0 Å². The van der Waals surface area contributed by atoms with Crippen LogP contribution in [0, 0.1) is 11.7 Å². The standard InChI is InChI=1S/C24H28ClFN2/c1-19(2)12-14-27(16-21-5-3-6-22(25)15-21)18-24-7-4-13-28(24)17-20-8-10-23(26)11-9-20/h3-11,13,15,19H,12,14,16-18H2,1-2H3. The predicted octanol–water partition coefficient (Wildman–Crippen LogP) is 6.38. The molecule has 0 unspecified atom stereocenters. The highest BCUT2D eigenvalue weighted by Gasteiger charge is 2.12. The predicted molar refractivity (Wildman–Crippen MR) is 115 cm³/mol. The van der Waals surface area contributed by atoms with Gasteiger partial charge in [-0.05, 0) is 66.4 Å². The quantitative estimate of drug-likeness (QED) is 0.406. The molecule has 4 heteroatoms. The van der Waals surface area contributed by atoms with E-state index >= 15 is 0 Å². The van der Waals surface area contributed by atoms with E-state index in [0.29, 0.717) is 5.92 Å². The molecule has 0 saturated carbocycles. The molecule has 0 atom stereocenters. The molecule has 0 spiro atoms. The number of benzene rings is 2. The Morgan fingerprint density at radius 2 is 1.75 bits per heavy atom. The summed E-state index contributed by atoms with van der Waals surface area (Å²) >= 11 is 6.18. The van der Waals surface area contributed by atoms with E-state index in [4.69, 9.17) is 11.6 Å². The van der Waals surface area contributed by atoms with Crippen LogP contribution in [0.15, 0.2) is 66.9 Å². The summed E-state index contributed by atoms with van der Waals surface area (Å²) in [5, 5.41) is 0.779. The van der Waals surface area contributed by atoms with Gasteiger partial charge in [-0.25, -0.2) is 4.39 Å². The van der Waals surface area contributed by atoms with E-state index in [1.54, 1.807) is 0 Å². The van der Waals surface area contributed by atoms with Gasteiger partial charge in [-0.15, -0.1) is 0 Å². The number of nitrogens with zero attached hydrogens (tertiary/aromatic N) is 2. The van der Waals surface area contributed by atoms with E-state index in [9.17, 15) is 4.39 Å². The lowest BCUT2D eigenvalue weighted by molar-refractivity contribution is 0.235. The van der Waals surface area contributed by atoms with Crippen LogP contribution in [0.3, 0.4) is 0 Å². The molecule has 1 aromatic heterocycles. The lowest BCUT2D eigenvalue weighted by Gasteiger charge is -2.24. The fourth-order valence-electron chi connectivity index (χ4n) is 3.31. The molecule has 0 radical (unpaired) electrons. The van der Waals surface area contributed by atoms with Crippen LogP contribution in [0.4, 0.5) is 4.39 Å². The molecule has 1 heterocycles. The molecule has 0 N–H and O–H groups in total. The summed E-state index contributed by atoms with van der Waals surface area (Å²) in [6.45, 7) is 8.04. The Hall–Kier alpha value is -2.10. The maximum Gasteiger partial charge on any atom is 0.123 e. The molecule has 2 aromatic carbocycles. The first-order valence-electron chi connectivity index (χ1n) is 9.85. The van der Waals surface area contributed by atoms with Gasteiger partial charge < -0.3 is 4.57 Å². The van der Waals surface area contributed by atoms with Crippen LogP contribution in [0.5, 0.6) is 0 Å². The van der Waals surface area contributed by atoms with Gasteiger partial charge in [-0.3, -0.25) is 4.90 Å². The molecule has 0 aliphatic heterocycles. The van der Waals surface area contributed by atoms with Crippen LogP contribution < -0.4 is 0 Å². The molecule has 0 saturated heterocycles. The summed E-state index contributed by atoms with van der Waals surface area (Å²) in [6, 6.07) is 19.1. The minimum absolute atomic E-state index is 0.196. The van der Waals surface area contributed by atoms with Gasteiger partial charge in [0.15, 0.2) is 0 Å². The average Bonchev–Trinajstić information content (AvgIpc) is 3.08. The van der Waals surface area contributed by atoms with Crippen molar-refractivity contribution in [3.8, 4) is 0 Å². The third-order valence-corrected chi connectivity index (χ3v) is 5.13. The smallest absolute Gasteiger partial charge is 0.123 e. The highest BCUT2D eigenvalue weighted by Crippen LogP contribution is 2.17. The van der Waals surface area contributed by atoms with Gasteiger partial charge >= 0.3 is 0 Å². The maximum atomic E-state index is 13.2. The van der Waals surface area contributed by atoms with Gasteiger partial charge in [0.25, 0.3) is 0 Å². The van der Waals surface area contributed by atoms with Crippen molar-refractivity contribution in [2.75, 3.05) is 6.54 Å². The molecule has 0 aliphatic carbocycles. The van der Waals surface area contributed by atoms with E-state index < -0.39 is 0 Å². The molecule has 2 nitrogen and oxygen atoms in total. The largest absolute Gasteiger partial charge is 0.346 e. The second-order valence-electron chi connectivity index (χ2n) is 7.78. The molecule has 3 aromatic rings. The van der Waals surface area contributed by atoms with Crippen molar-refractivity contribution in [3.63, 3.8) is 0 Å². The summed E-state index contributed by atoms with van der Waals surface area (Å²) in [7, 11) is 0. The highest BCUT2D eigenvalue weighted by atomic mass is 35.5. The Bertz CT molecular complexity index is 870. The van der Waals surface area contributed by atoms with E-state index in [0.717, 1.165) is 43.2 Å². The summed E-state index contributed by atoms with van der Waals surface area (Å²) < 4.78 is 15.4. The van der Waals surface area contributed by atoms with Crippen LogP contribution in [0.2, 0.25) is 5.02 Å². The first-order chi connectivity index (χ1) is 13.5. The Balaban J connectivity index is 1.73. The van der Waals surface area contributed by atoms with Crippen molar-refractivity contribution in [3.05, 3.63) is 94.5 Å². The van der Waals surface area contributed by atoms with Gasteiger partial charge in [0.1, 0.15) is 5.82 Å². The second kappa shape index (κ2) is 9.90. The summed E-state index contributed by atoms with van der Waals surface area (Å²) in [5.41, 5.74) is 3.59. The second-order valence-corrected chi connectivity index (χ2v) is 8.21. The van der Waals surface area contributed by atoms with Crippen LogP contribution in [0.25, 0.3) is 0 Å². The van der Waals surface area contributed by atoms with E-state index in [1.807, 2.05) is 30.3 Å². The minimum atomic E-state index is -0.196. The van der Waals surface area contributed by atoms with Crippen LogP contribution in [-0.2, 0) is 19.6 Å². The lowest BCUT2D eigenvalue weighted by atomic mass is 10.1. The van der Waals surface area contributed by atoms with Gasteiger partial charge in [0.05, 0.1) is 0 Å². The summed E-state index contributed by atoms with van der Waals surface area (Å²) in [5.74, 6) is 0.464. The van der Waals surface area contributed by atoms with Gasteiger partial charge in [-0.2, -0.15) is 0 Å². The Morgan fingerprint density at radius 1 is 0.964 bits per heavy atom. The number of aromatic nitrogens is 1. The third-order valence-electron chi connectivity index (χ3n) is 4.89. The first kappa shape index (κ1) is 20.6. The van der Waals surface area contributed by atoms with Crippen molar-refractivity contribution in [1.29, 1.82) is 0 Å². The van der Waals surface area contributed by atoms with Gasteiger partial charge in [-0.1, -0.05) is 49.7 Å². The number of rotatable bonds is 9. The minimum Gasteiger partial charge on any atom is -0.346 e. The van der Waals surface area contributed by atoms with Crippen LogP contribution >= 0.6 is 11.6 Å². The van der Waals surface area contributed by atoms with Crippen molar-refractivity contribution >= 4 is 11.6 Å². The third kappa shape index (κ3) is 6.22. The maximum absolute atomic E-state index is 13.2. The van der Waals surface area contributed by atoms with Gasteiger partial charge in [0.2, 0.25) is 0 Å². The zero-order valence-corrected chi connectivity index (χ0v) is 17.4. The molecule has 0 amide bonds. The summed E-state index contributed by atoms with van der Waals surface area (Å²) in [6.07, 6.45) is 3.25. The Labute approximate surface area is 172 Å². The van der Waals surface area contributed by atoms with Gasteiger partial charge in [0, 0.05) is 36.5 Å². The Kier molecular flexibility index (Phi) is 7.30. The molecule has 0 bridgehead atoms. The molecular weight excluding hydrogens is 371 g/mol. The zero-order valence-electron chi connectivity index (χ0n) is 16.6. The average molecular weight is 399 g/mol. The van der Waals surface area contributed by atoms with Crippen molar-refractivity contribution in [2.24, 2.45) is 5.92 Å². The molecule has 28 heavy (non-hydrogen) atoms. The normalized spacial score (nSPS) is 11.5.